The molecule has 2 N–H and O–H groups in total. The standard InChI is InChI=1S/C20H22N2O2/c1-12-7-13(2)19(14(3)8-12)21-11-16-9-15-5-6-17(24-4)10-18(15)22-20(16)23/h5-10,21H,11H2,1-4H3,(H,22,23). The molecule has 0 atom stereocenters. The van der Waals surface area contributed by atoms with Crippen LogP contribution in [0, 0.1) is 20.8 Å². The van der Waals surface area contributed by atoms with Gasteiger partial charge in [0.15, 0.2) is 0 Å². The van der Waals surface area contributed by atoms with E-state index in [2.05, 4.69) is 43.2 Å². The number of hydrogen-bond acceptors (Lipinski definition) is 3. The number of pyridine rings is 1. The molecule has 0 saturated heterocycles. The zero-order valence-electron chi connectivity index (χ0n) is 14.5. The van der Waals surface area contributed by atoms with Gasteiger partial charge in [0.25, 0.3) is 5.56 Å². The third-order valence-electron chi connectivity index (χ3n) is 4.26. The molecule has 24 heavy (non-hydrogen) atoms. The Morgan fingerprint density at radius 1 is 1.04 bits per heavy atom. The molecule has 0 unspecified atom stereocenters. The number of hydrogen-bond donors (Lipinski definition) is 2. The minimum atomic E-state index is -0.0781. The van der Waals surface area contributed by atoms with Crippen molar-refractivity contribution in [3.63, 3.8) is 0 Å². The normalized spacial score (nSPS) is 10.8. The Hall–Kier alpha value is -2.75. The van der Waals surface area contributed by atoms with Gasteiger partial charge >= 0.3 is 0 Å². The summed E-state index contributed by atoms with van der Waals surface area (Å²) in [6, 6.07) is 11.9. The number of ether oxygens (including phenoxy) is 1. The van der Waals surface area contributed by atoms with Crippen LogP contribution < -0.4 is 15.6 Å². The first-order valence-corrected chi connectivity index (χ1v) is 7.99. The smallest absolute Gasteiger partial charge is 0.253 e. The lowest BCUT2D eigenvalue weighted by atomic mass is 10.0. The van der Waals surface area contributed by atoms with Crippen molar-refractivity contribution in [2.45, 2.75) is 27.3 Å². The molecule has 0 saturated carbocycles. The molecule has 0 spiro atoms. The van der Waals surface area contributed by atoms with Gasteiger partial charge in [-0.15, -0.1) is 0 Å². The largest absolute Gasteiger partial charge is 0.497 e. The second kappa shape index (κ2) is 6.40. The monoisotopic (exact) mass is 322 g/mol. The summed E-state index contributed by atoms with van der Waals surface area (Å²) in [7, 11) is 1.61. The van der Waals surface area contributed by atoms with E-state index in [0.717, 1.165) is 22.3 Å². The average Bonchev–Trinajstić information content (AvgIpc) is 2.53. The number of H-pyrrole nitrogens is 1. The summed E-state index contributed by atoms with van der Waals surface area (Å²) in [4.78, 5) is 15.3. The highest BCUT2D eigenvalue weighted by Crippen LogP contribution is 2.23. The van der Waals surface area contributed by atoms with Gasteiger partial charge in [0.05, 0.1) is 12.6 Å². The van der Waals surface area contributed by atoms with E-state index in [0.29, 0.717) is 12.1 Å². The van der Waals surface area contributed by atoms with Gasteiger partial charge in [-0.3, -0.25) is 4.79 Å². The van der Waals surface area contributed by atoms with Crippen LogP contribution in [0.1, 0.15) is 22.3 Å². The van der Waals surface area contributed by atoms with Gasteiger partial charge in [0.2, 0.25) is 0 Å². The maximum atomic E-state index is 12.3. The van der Waals surface area contributed by atoms with Crippen molar-refractivity contribution in [1.82, 2.24) is 4.98 Å². The highest BCUT2D eigenvalue weighted by molar-refractivity contribution is 5.80. The lowest BCUT2D eigenvalue weighted by Gasteiger charge is -2.14. The summed E-state index contributed by atoms with van der Waals surface area (Å²) in [6.07, 6.45) is 0. The Balaban J connectivity index is 1.91. The van der Waals surface area contributed by atoms with Crippen LogP contribution in [0.5, 0.6) is 5.75 Å². The second-order valence-corrected chi connectivity index (χ2v) is 6.20. The number of methoxy groups -OCH3 is 1. The number of benzene rings is 2. The van der Waals surface area contributed by atoms with Crippen molar-refractivity contribution in [1.29, 1.82) is 0 Å². The van der Waals surface area contributed by atoms with E-state index in [1.54, 1.807) is 7.11 Å². The molecule has 1 heterocycles. The van der Waals surface area contributed by atoms with E-state index in [1.807, 2.05) is 24.3 Å². The Kier molecular flexibility index (Phi) is 4.30. The lowest BCUT2D eigenvalue weighted by molar-refractivity contribution is 0.415. The predicted molar refractivity (Wildman–Crippen MR) is 99.1 cm³/mol. The number of aromatic nitrogens is 1. The van der Waals surface area contributed by atoms with Crippen molar-refractivity contribution >= 4 is 16.6 Å². The van der Waals surface area contributed by atoms with E-state index < -0.39 is 0 Å². The molecule has 0 amide bonds. The van der Waals surface area contributed by atoms with Gasteiger partial charge in [-0.1, -0.05) is 17.7 Å². The summed E-state index contributed by atoms with van der Waals surface area (Å²) < 4.78 is 5.20. The van der Waals surface area contributed by atoms with Gasteiger partial charge in [-0.25, -0.2) is 0 Å². The highest BCUT2D eigenvalue weighted by Gasteiger charge is 2.07. The third-order valence-corrected chi connectivity index (χ3v) is 4.26. The van der Waals surface area contributed by atoms with Gasteiger partial charge in [-0.05, 0) is 55.5 Å². The fourth-order valence-electron chi connectivity index (χ4n) is 3.13. The SMILES string of the molecule is COc1ccc2cc(CNc3c(C)cc(C)cc3C)c(=O)[nH]c2c1. The maximum absolute atomic E-state index is 12.3. The third kappa shape index (κ3) is 3.13. The van der Waals surface area contributed by atoms with Crippen LogP contribution in [0.2, 0.25) is 0 Å². The number of aromatic amines is 1. The highest BCUT2D eigenvalue weighted by atomic mass is 16.5. The van der Waals surface area contributed by atoms with Crippen molar-refractivity contribution in [2.24, 2.45) is 0 Å². The molecule has 3 aromatic rings. The van der Waals surface area contributed by atoms with Gasteiger partial charge in [0, 0.05) is 23.9 Å². The van der Waals surface area contributed by atoms with Gasteiger partial charge < -0.3 is 15.0 Å². The first-order chi connectivity index (χ1) is 11.5. The Morgan fingerprint density at radius 2 is 1.75 bits per heavy atom. The molecule has 3 rings (SSSR count). The van der Waals surface area contributed by atoms with Crippen LogP contribution >= 0.6 is 0 Å². The zero-order chi connectivity index (χ0) is 17.3. The van der Waals surface area contributed by atoms with E-state index in [4.69, 9.17) is 4.74 Å². The molecular formula is C20H22N2O2. The van der Waals surface area contributed by atoms with E-state index in [9.17, 15) is 4.79 Å². The summed E-state index contributed by atoms with van der Waals surface area (Å²) in [5.41, 5.74) is 6.13. The molecule has 0 bridgehead atoms. The van der Waals surface area contributed by atoms with Gasteiger partial charge in [0.1, 0.15) is 5.75 Å². The van der Waals surface area contributed by atoms with Crippen LogP contribution in [-0.4, -0.2) is 12.1 Å². The number of nitrogens with one attached hydrogen (secondary N) is 2. The topological polar surface area (TPSA) is 54.1 Å². The first-order valence-electron chi connectivity index (χ1n) is 7.99. The van der Waals surface area contributed by atoms with Crippen LogP contribution in [-0.2, 0) is 6.54 Å². The number of anilines is 1. The molecule has 1 aromatic heterocycles. The molecule has 4 nitrogen and oxygen atoms in total. The van der Waals surface area contributed by atoms with Crippen molar-refractivity contribution in [3.8, 4) is 5.75 Å². The maximum Gasteiger partial charge on any atom is 0.253 e. The Morgan fingerprint density at radius 3 is 2.42 bits per heavy atom. The minimum Gasteiger partial charge on any atom is -0.497 e. The fourth-order valence-corrected chi connectivity index (χ4v) is 3.13. The van der Waals surface area contributed by atoms with Crippen molar-refractivity contribution in [3.05, 3.63) is 69.0 Å². The van der Waals surface area contributed by atoms with Gasteiger partial charge in [-0.2, -0.15) is 0 Å². The molecule has 0 fully saturated rings. The minimum absolute atomic E-state index is 0.0781. The second-order valence-electron chi connectivity index (χ2n) is 6.20. The molecule has 2 aromatic carbocycles. The van der Waals surface area contributed by atoms with Crippen LogP contribution in [0.25, 0.3) is 10.9 Å². The summed E-state index contributed by atoms with van der Waals surface area (Å²) in [5.74, 6) is 0.731. The first kappa shape index (κ1) is 16.1. The van der Waals surface area contributed by atoms with Crippen molar-refractivity contribution in [2.75, 3.05) is 12.4 Å². The van der Waals surface area contributed by atoms with E-state index >= 15 is 0 Å². The summed E-state index contributed by atoms with van der Waals surface area (Å²) >= 11 is 0. The molecular weight excluding hydrogens is 300 g/mol. The molecule has 0 aliphatic rings. The lowest BCUT2D eigenvalue weighted by Crippen LogP contribution is -2.16. The summed E-state index contributed by atoms with van der Waals surface area (Å²) in [5, 5.41) is 4.40. The number of fused-ring (bicyclic) bond motifs is 1. The number of aryl methyl sites for hydroxylation is 3. The van der Waals surface area contributed by atoms with Crippen LogP contribution in [0.4, 0.5) is 5.69 Å². The van der Waals surface area contributed by atoms with E-state index in [1.165, 1.54) is 16.7 Å². The van der Waals surface area contributed by atoms with Crippen molar-refractivity contribution < 1.29 is 4.74 Å². The summed E-state index contributed by atoms with van der Waals surface area (Å²) in [6.45, 7) is 6.74. The fraction of sp³-hybridized carbons (Fsp3) is 0.250. The molecule has 0 radical (unpaired) electrons. The molecule has 0 aliphatic carbocycles. The quantitative estimate of drug-likeness (QED) is 0.761. The van der Waals surface area contributed by atoms with Crippen LogP contribution in [0.15, 0.2) is 41.2 Å². The molecule has 4 heteroatoms. The predicted octanol–water partition coefficient (Wildman–Crippen LogP) is 4.07. The van der Waals surface area contributed by atoms with Crippen LogP contribution in [0.3, 0.4) is 0 Å². The molecule has 0 aliphatic heterocycles. The average molecular weight is 322 g/mol. The zero-order valence-corrected chi connectivity index (χ0v) is 14.5. The Bertz CT molecular complexity index is 934. The number of rotatable bonds is 4. The molecule has 124 valence electrons. The Labute approximate surface area is 141 Å². The van der Waals surface area contributed by atoms with E-state index in [-0.39, 0.29) is 5.56 Å².